The molecule has 15 heavy (non-hydrogen) atoms. The lowest BCUT2D eigenvalue weighted by Gasteiger charge is -1.96. The molecule has 0 aliphatic carbocycles. The third-order valence-corrected chi connectivity index (χ3v) is 1.96. The summed E-state index contributed by atoms with van der Waals surface area (Å²) in [7, 11) is 0. The zero-order chi connectivity index (χ0) is 10.7. The van der Waals surface area contributed by atoms with E-state index >= 15 is 0 Å². The van der Waals surface area contributed by atoms with Crippen LogP contribution in [0.3, 0.4) is 0 Å². The van der Waals surface area contributed by atoms with E-state index in [9.17, 15) is 0 Å². The molecule has 2 rings (SSSR count). The van der Waals surface area contributed by atoms with Gasteiger partial charge in [0, 0.05) is 18.5 Å². The highest BCUT2D eigenvalue weighted by Gasteiger charge is 2.09. The fourth-order valence-electron chi connectivity index (χ4n) is 1.36. The summed E-state index contributed by atoms with van der Waals surface area (Å²) >= 11 is 0. The molecule has 0 saturated carbocycles. The Hall–Kier alpha value is -1.71. The van der Waals surface area contributed by atoms with E-state index in [1.54, 1.807) is 18.5 Å². The number of hydrogen-bond acceptors (Lipinski definition) is 4. The Morgan fingerprint density at radius 1 is 1.27 bits per heavy atom. The molecule has 2 aromatic heterocycles. The lowest BCUT2D eigenvalue weighted by Crippen LogP contribution is -1.93. The van der Waals surface area contributed by atoms with Crippen molar-refractivity contribution >= 4 is 0 Å². The number of rotatable bonds is 3. The molecule has 0 spiro atoms. The Morgan fingerprint density at radius 3 is 2.67 bits per heavy atom. The fraction of sp³-hybridized carbons (Fsp3) is 0.364. The molecule has 0 aliphatic heterocycles. The lowest BCUT2D eigenvalue weighted by atomic mass is 10.1. The minimum Gasteiger partial charge on any atom is -0.353 e. The summed E-state index contributed by atoms with van der Waals surface area (Å²) in [6.07, 6.45) is 4.29. The number of hydrogen-bond donors (Lipinski definition) is 0. The van der Waals surface area contributed by atoms with Gasteiger partial charge in [-0.15, -0.1) is 0 Å². The van der Waals surface area contributed by atoms with E-state index in [0.29, 0.717) is 17.5 Å². The predicted octanol–water partition coefficient (Wildman–Crippen LogP) is 2.33. The minimum absolute atomic E-state index is 0.569. The molecule has 0 saturated heterocycles. The van der Waals surface area contributed by atoms with Gasteiger partial charge in [0.25, 0.3) is 0 Å². The summed E-state index contributed by atoms with van der Waals surface area (Å²) < 4.78 is 5.18. The smallest absolute Gasteiger partial charge is 0.204 e. The van der Waals surface area contributed by atoms with Crippen molar-refractivity contribution in [1.29, 1.82) is 0 Å². The van der Waals surface area contributed by atoms with E-state index in [-0.39, 0.29) is 0 Å². The average Bonchev–Trinajstić information content (AvgIpc) is 2.67. The van der Waals surface area contributed by atoms with Crippen molar-refractivity contribution in [2.75, 3.05) is 0 Å². The van der Waals surface area contributed by atoms with Crippen LogP contribution in [0.5, 0.6) is 0 Å². The minimum atomic E-state index is 0.569. The monoisotopic (exact) mass is 203 g/mol. The van der Waals surface area contributed by atoms with Crippen LogP contribution in [0.2, 0.25) is 0 Å². The Balaban J connectivity index is 2.21. The second-order valence-corrected chi connectivity index (χ2v) is 3.85. The molecule has 0 aliphatic rings. The van der Waals surface area contributed by atoms with Gasteiger partial charge >= 0.3 is 0 Å². The first kappa shape index (κ1) is 9.83. The predicted molar refractivity (Wildman–Crippen MR) is 56.1 cm³/mol. The van der Waals surface area contributed by atoms with Crippen molar-refractivity contribution in [3.63, 3.8) is 0 Å². The van der Waals surface area contributed by atoms with Gasteiger partial charge in [-0.3, -0.25) is 0 Å². The molecular weight excluding hydrogens is 190 g/mol. The Kier molecular flexibility index (Phi) is 2.76. The summed E-state index contributed by atoms with van der Waals surface area (Å²) in [5.41, 5.74) is 0.951. The van der Waals surface area contributed by atoms with Crippen LogP contribution in [-0.2, 0) is 6.42 Å². The van der Waals surface area contributed by atoms with Gasteiger partial charge in [0.2, 0.25) is 5.76 Å². The molecule has 4 heteroatoms. The highest BCUT2D eigenvalue weighted by atomic mass is 16.5. The molecular formula is C11H13N3O. The summed E-state index contributed by atoms with van der Waals surface area (Å²) in [6, 6.07) is 3.67. The van der Waals surface area contributed by atoms with Crippen LogP contribution in [0.1, 0.15) is 19.5 Å². The molecule has 4 nitrogen and oxygen atoms in total. The van der Waals surface area contributed by atoms with Gasteiger partial charge < -0.3 is 4.52 Å². The topological polar surface area (TPSA) is 51.8 Å². The van der Waals surface area contributed by atoms with Crippen molar-refractivity contribution in [3.8, 4) is 11.6 Å². The van der Waals surface area contributed by atoms with Crippen LogP contribution >= 0.6 is 0 Å². The third kappa shape index (κ3) is 2.40. The van der Waals surface area contributed by atoms with Crippen LogP contribution in [0.15, 0.2) is 29.0 Å². The summed E-state index contributed by atoms with van der Waals surface area (Å²) in [5.74, 6) is 1.78. The van der Waals surface area contributed by atoms with Crippen molar-refractivity contribution in [2.45, 2.75) is 20.3 Å². The van der Waals surface area contributed by atoms with Crippen molar-refractivity contribution in [1.82, 2.24) is 15.1 Å². The Labute approximate surface area is 88.4 Å². The molecule has 0 aromatic carbocycles. The highest BCUT2D eigenvalue weighted by Crippen LogP contribution is 2.16. The first-order valence-electron chi connectivity index (χ1n) is 4.98. The molecule has 0 fully saturated rings. The maximum absolute atomic E-state index is 5.18. The van der Waals surface area contributed by atoms with Crippen LogP contribution in [0, 0.1) is 5.92 Å². The standard InChI is InChI=1S/C11H13N3O/c1-8(2)6-9-7-10(15-14-9)11-12-4-3-5-13-11/h3-5,7-8H,6H2,1-2H3. The molecule has 0 unspecified atom stereocenters. The van der Waals surface area contributed by atoms with E-state index in [4.69, 9.17) is 4.52 Å². The second-order valence-electron chi connectivity index (χ2n) is 3.85. The first-order chi connectivity index (χ1) is 7.25. The SMILES string of the molecule is CC(C)Cc1cc(-c2ncccn2)on1. The molecule has 0 radical (unpaired) electrons. The Morgan fingerprint density at radius 2 is 2.00 bits per heavy atom. The largest absolute Gasteiger partial charge is 0.353 e. The van der Waals surface area contributed by atoms with Gasteiger partial charge in [-0.1, -0.05) is 19.0 Å². The zero-order valence-electron chi connectivity index (χ0n) is 8.84. The quantitative estimate of drug-likeness (QED) is 0.768. The second kappa shape index (κ2) is 4.21. The molecule has 0 atom stereocenters. The van der Waals surface area contributed by atoms with Gasteiger partial charge in [-0.05, 0) is 18.4 Å². The molecule has 78 valence electrons. The van der Waals surface area contributed by atoms with Crippen LogP contribution < -0.4 is 0 Å². The van der Waals surface area contributed by atoms with E-state index in [0.717, 1.165) is 12.1 Å². The maximum Gasteiger partial charge on any atom is 0.204 e. The summed E-state index contributed by atoms with van der Waals surface area (Å²) in [5, 5.41) is 3.98. The first-order valence-corrected chi connectivity index (χ1v) is 4.98. The maximum atomic E-state index is 5.18. The third-order valence-electron chi connectivity index (χ3n) is 1.96. The van der Waals surface area contributed by atoms with Crippen molar-refractivity contribution in [3.05, 3.63) is 30.2 Å². The van der Waals surface area contributed by atoms with E-state index in [2.05, 4.69) is 29.0 Å². The van der Waals surface area contributed by atoms with Gasteiger partial charge in [-0.2, -0.15) is 0 Å². The number of aromatic nitrogens is 3. The zero-order valence-corrected chi connectivity index (χ0v) is 8.84. The van der Waals surface area contributed by atoms with E-state index < -0.39 is 0 Å². The van der Waals surface area contributed by atoms with Gasteiger partial charge in [-0.25, -0.2) is 9.97 Å². The average molecular weight is 203 g/mol. The normalized spacial score (nSPS) is 10.9. The number of nitrogens with zero attached hydrogens (tertiary/aromatic N) is 3. The van der Waals surface area contributed by atoms with Gasteiger partial charge in [0.1, 0.15) is 0 Å². The molecule has 0 bridgehead atoms. The van der Waals surface area contributed by atoms with Crippen molar-refractivity contribution in [2.24, 2.45) is 5.92 Å². The summed E-state index contributed by atoms with van der Waals surface area (Å²) in [4.78, 5) is 8.19. The molecule has 2 aromatic rings. The Bertz CT molecular complexity index is 422. The van der Waals surface area contributed by atoms with Crippen LogP contribution in [0.25, 0.3) is 11.6 Å². The van der Waals surface area contributed by atoms with Crippen LogP contribution in [0.4, 0.5) is 0 Å². The van der Waals surface area contributed by atoms with Crippen molar-refractivity contribution < 1.29 is 4.52 Å². The molecule has 2 heterocycles. The highest BCUT2D eigenvalue weighted by molar-refractivity contribution is 5.45. The van der Waals surface area contributed by atoms with Gasteiger partial charge in [0.05, 0.1) is 5.69 Å². The lowest BCUT2D eigenvalue weighted by molar-refractivity contribution is 0.416. The van der Waals surface area contributed by atoms with Crippen LogP contribution in [-0.4, -0.2) is 15.1 Å². The molecule has 0 amide bonds. The summed E-state index contributed by atoms with van der Waals surface area (Å²) in [6.45, 7) is 4.29. The van der Waals surface area contributed by atoms with E-state index in [1.807, 2.05) is 6.07 Å². The molecule has 0 N–H and O–H groups in total. The fourth-order valence-corrected chi connectivity index (χ4v) is 1.36. The van der Waals surface area contributed by atoms with E-state index in [1.165, 1.54) is 0 Å². The van der Waals surface area contributed by atoms with Gasteiger partial charge in [0.15, 0.2) is 5.82 Å².